The Hall–Kier alpha value is -2.80. The molecule has 0 aromatic heterocycles. The number of rotatable bonds is 8. The minimum absolute atomic E-state index is 0.529. The maximum Gasteiger partial charge on any atom is 0.384 e. The summed E-state index contributed by atoms with van der Waals surface area (Å²) in [5.74, 6) is -40.4. The summed E-state index contributed by atoms with van der Waals surface area (Å²) in [5.41, 5.74) is -1.94. The molecule has 0 unspecified atom stereocenters. The Morgan fingerprint density at radius 2 is 0.788 bits per heavy atom. The molecule has 0 atom stereocenters. The molecular formula is C19H12F12O2. The van der Waals surface area contributed by atoms with Gasteiger partial charge in [0.2, 0.25) is 0 Å². The predicted molar refractivity (Wildman–Crippen MR) is 88.8 cm³/mol. The molecule has 0 amide bonds. The second-order valence-corrected chi connectivity index (χ2v) is 6.89. The number of phenols is 2. The monoisotopic (exact) mass is 500 g/mol. The molecule has 0 fully saturated rings. The van der Waals surface area contributed by atoms with Crippen LogP contribution in [0.15, 0.2) is 48.5 Å². The molecule has 0 radical (unpaired) electrons. The van der Waals surface area contributed by atoms with Crippen molar-refractivity contribution in [3.8, 4) is 11.5 Å². The smallest absolute Gasteiger partial charge is 0.384 e. The number of hydrogen-bond acceptors (Lipinski definition) is 2. The molecule has 0 saturated heterocycles. The second-order valence-electron chi connectivity index (χ2n) is 6.89. The first-order valence-corrected chi connectivity index (χ1v) is 8.57. The van der Waals surface area contributed by atoms with Gasteiger partial charge in [-0.3, -0.25) is 0 Å². The molecule has 14 heteroatoms. The zero-order valence-electron chi connectivity index (χ0n) is 15.7. The van der Waals surface area contributed by atoms with Crippen LogP contribution in [-0.4, -0.2) is 46.3 Å². The van der Waals surface area contributed by atoms with Crippen molar-refractivity contribution in [3.05, 3.63) is 59.7 Å². The van der Waals surface area contributed by atoms with Crippen LogP contribution < -0.4 is 0 Å². The van der Waals surface area contributed by atoms with Crippen molar-refractivity contribution in [1.29, 1.82) is 0 Å². The van der Waals surface area contributed by atoms with Gasteiger partial charge in [-0.15, -0.1) is 0 Å². The summed E-state index contributed by atoms with van der Waals surface area (Å²) in [5, 5.41) is 18.5. The van der Waals surface area contributed by atoms with E-state index in [0.29, 0.717) is 48.5 Å². The van der Waals surface area contributed by atoms with E-state index in [1.54, 1.807) is 0 Å². The molecule has 33 heavy (non-hydrogen) atoms. The fourth-order valence-corrected chi connectivity index (χ4v) is 2.88. The van der Waals surface area contributed by atoms with E-state index in [2.05, 4.69) is 0 Å². The highest BCUT2D eigenvalue weighted by Gasteiger charge is 2.88. The lowest BCUT2D eigenvalue weighted by Gasteiger charge is -2.41. The zero-order valence-corrected chi connectivity index (χ0v) is 15.7. The maximum atomic E-state index is 14.9. The number of halogens is 12. The van der Waals surface area contributed by atoms with Crippen molar-refractivity contribution in [2.24, 2.45) is 0 Å². The van der Waals surface area contributed by atoms with Crippen LogP contribution in [-0.2, 0) is 0 Å². The zero-order chi connectivity index (χ0) is 25.6. The molecule has 0 spiro atoms. The molecule has 2 aromatic rings. The highest BCUT2D eigenvalue weighted by atomic mass is 19.4. The second kappa shape index (κ2) is 8.20. The minimum Gasteiger partial charge on any atom is -0.508 e. The predicted octanol–water partition coefficient (Wildman–Crippen LogP) is 6.67. The van der Waals surface area contributed by atoms with Gasteiger partial charge in [-0.2, -0.15) is 43.9 Å². The van der Waals surface area contributed by atoms with E-state index in [1.807, 2.05) is 0 Å². The van der Waals surface area contributed by atoms with Crippen LogP contribution in [0.4, 0.5) is 52.7 Å². The first-order valence-electron chi connectivity index (χ1n) is 8.57. The van der Waals surface area contributed by atoms with Crippen LogP contribution in [0, 0.1) is 0 Å². The summed E-state index contributed by atoms with van der Waals surface area (Å²) in [7, 11) is 0. The Morgan fingerprint density at radius 3 is 1.09 bits per heavy atom. The fraction of sp³-hybridized carbons (Fsp3) is 0.368. The maximum absolute atomic E-state index is 14.9. The van der Waals surface area contributed by atoms with E-state index < -0.39 is 64.6 Å². The van der Waals surface area contributed by atoms with E-state index >= 15 is 0 Å². The van der Waals surface area contributed by atoms with Gasteiger partial charge in [-0.05, 0) is 35.4 Å². The highest BCUT2D eigenvalue weighted by molar-refractivity contribution is 5.41. The Balaban J connectivity index is 2.74. The first-order chi connectivity index (χ1) is 14.8. The van der Waals surface area contributed by atoms with Crippen LogP contribution in [0.1, 0.15) is 17.0 Å². The molecule has 2 aromatic carbocycles. The van der Waals surface area contributed by atoms with Crippen molar-refractivity contribution in [2.75, 3.05) is 0 Å². The van der Waals surface area contributed by atoms with E-state index in [9.17, 15) is 62.9 Å². The van der Waals surface area contributed by atoms with E-state index in [1.165, 1.54) is 0 Å². The lowest BCUT2D eigenvalue weighted by atomic mass is 9.80. The molecular weight excluding hydrogens is 488 g/mol. The third-order valence-corrected chi connectivity index (χ3v) is 4.72. The molecule has 2 rings (SSSR count). The first kappa shape index (κ1) is 26.5. The largest absolute Gasteiger partial charge is 0.508 e. The van der Waals surface area contributed by atoms with Crippen molar-refractivity contribution < 1.29 is 62.9 Å². The van der Waals surface area contributed by atoms with Crippen LogP contribution in [0.3, 0.4) is 0 Å². The third kappa shape index (κ3) is 4.03. The van der Waals surface area contributed by atoms with Gasteiger partial charge in [0.25, 0.3) is 0 Å². The van der Waals surface area contributed by atoms with E-state index in [4.69, 9.17) is 0 Å². The van der Waals surface area contributed by atoms with Gasteiger partial charge in [0.15, 0.2) is 0 Å². The quantitative estimate of drug-likeness (QED) is 0.398. The lowest BCUT2D eigenvalue weighted by Crippen LogP contribution is -2.69. The Kier molecular flexibility index (Phi) is 6.58. The average Bonchev–Trinajstić information content (AvgIpc) is 2.70. The van der Waals surface area contributed by atoms with Gasteiger partial charge in [0, 0.05) is 0 Å². The number of benzene rings is 2. The van der Waals surface area contributed by atoms with E-state index in [0.717, 1.165) is 0 Å². The number of alkyl halides is 12. The van der Waals surface area contributed by atoms with Crippen molar-refractivity contribution in [1.82, 2.24) is 0 Å². The van der Waals surface area contributed by atoms with Crippen LogP contribution in [0.5, 0.6) is 11.5 Å². The Labute approximate surface area is 177 Å². The van der Waals surface area contributed by atoms with Crippen molar-refractivity contribution in [2.45, 2.75) is 42.0 Å². The average molecular weight is 500 g/mol. The summed E-state index contributed by atoms with van der Waals surface area (Å²) in [6, 6.07) is 4.70. The molecule has 2 nitrogen and oxygen atoms in total. The molecule has 0 aliphatic rings. The third-order valence-electron chi connectivity index (χ3n) is 4.72. The normalized spacial score (nSPS) is 14.2. The number of hydrogen-bond donors (Lipinski definition) is 2. The fourth-order valence-electron chi connectivity index (χ4n) is 2.88. The van der Waals surface area contributed by atoms with Gasteiger partial charge in [0.05, 0.1) is 5.92 Å². The van der Waals surface area contributed by atoms with Gasteiger partial charge < -0.3 is 10.2 Å². The number of aromatic hydroxyl groups is 2. The van der Waals surface area contributed by atoms with Crippen molar-refractivity contribution >= 4 is 0 Å². The Morgan fingerprint density at radius 1 is 0.485 bits per heavy atom. The highest BCUT2D eigenvalue weighted by Crippen LogP contribution is 2.61. The molecule has 184 valence electrons. The van der Waals surface area contributed by atoms with Gasteiger partial charge >= 0.3 is 36.0 Å². The molecule has 0 aliphatic heterocycles. The summed E-state index contributed by atoms with van der Waals surface area (Å²) >= 11 is 0. The van der Waals surface area contributed by atoms with Gasteiger partial charge in [-0.25, -0.2) is 8.78 Å². The summed E-state index contributed by atoms with van der Waals surface area (Å²) in [6.07, 6.45) is -5.59. The van der Waals surface area contributed by atoms with Crippen LogP contribution in [0.25, 0.3) is 0 Å². The lowest BCUT2D eigenvalue weighted by molar-refractivity contribution is -0.414. The Bertz CT molecular complexity index is 910. The van der Waals surface area contributed by atoms with Gasteiger partial charge in [0.1, 0.15) is 11.5 Å². The molecule has 2 N–H and O–H groups in total. The topological polar surface area (TPSA) is 40.5 Å². The molecule has 0 bridgehead atoms. The summed E-state index contributed by atoms with van der Waals surface area (Å²) in [4.78, 5) is 0. The standard InChI is InChI=1S/C19H12F12O2/c20-14(21)16(24,25)18(28,29)19(30,31)17(26,27)15(22,23)13(9-1-5-11(32)6-2-9)10-3-7-12(33)8-4-10/h1-8,13-14,32-33H. The number of phenolic OH excluding ortho intramolecular Hbond substituents is 2. The SMILES string of the molecule is Oc1ccc(C(c2ccc(O)cc2)C(F)(F)C(F)(F)C(F)(F)C(F)(F)C(F)(F)C(F)F)cc1. The molecule has 0 saturated carbocycles. The van der Waals surface area contributed by atoms with Crippen LogP contribution in [0.2, 0.25) is 0 Å². The minimum atomic E-state index is -7.67. The molecule has 0 aliphatic carbocycles. The summed E-state index contributed by atoms with van der Waals surface area (Å²) in [6.45, 7) is 0. The van der Waals surface area contributed by atoms with Crippen molar-refractivity contribution in [3.63, 3.8) is 0 Å². The summed E-state index contributed by atoms with van der Waals surface area (Å²) < 4.78 is 164. The van der Waals surface area contributed by atoms with Gasteiger partial charge in [-0.1, -0.05) is 24.3 Å². The molecule has 0 heterocycles. The van der Waals surface area contributed by atoms with Crippen LogP contribution >= 0.6 is 0 Å². The van der Waals surface area contributed by atoms with E-state index in [-0.39, 0.29) is 0 Å².